The first-order valence-electron chi connectivity index (χ1n) is 15.6. The van der Waals surface area contributed by atoms with Gasteiger partial charge in [0.15, 0.2) is 0 Å². The SMILES string of the molecule is C=C(C)[C@@H]1CC[C@@H]2[C@]3(CC[C@]4(C)[C@@H]([C@H](C)[C@H]5CC=C(C)C(=O)O5)C[C@H](OC(C)=O)[C@@]24C)C[C@]13CCC(=O)OCC. The summed E-state index contributed by atoms with van der Waals surface area (Å²) < 4.78 is 17.5. The van der Waals surface area contributed by atoms with Gasteiger partial charge in [-0.2, -0.15) is 0 Å². The second kappa shape index (κ2) is 10.0. The minimum Gasteiger partial charge on any atom is -0.466 e. The van der Waals surface area contributed by atoms with Crippen LogP contribution in [0, 0.1) is 45.3 Å². The highest BCUT2D eigenvalue weighted by Gasteiger charge is 2.82. The number of ether oxygens (including phenoxy) is 3. The summed E-state index contributed by atoms with van der Waals surface area (Å²) in [5.41, 5.74) is 1.84. The van der Waals surface area contributed by atoms with Crippen LogP contribution >= 0.6 is 0 Å². The van der Waals surface area contributed by atoms with Gasteiger partial charge in [-0.15, -0.1) is 0 Å². The van der Waals surface area contributed by atoms with Crippen LogP contribution in [0.1, 0.15) is 106 Å². The van der Waals surface area contributed by atoms with Gasteiger partial charge < -0.3 is 14.2 Å². The highest BCUT2D eigenvalue weighted by Crippen LogP contribution is 2.87. The minimum atomic E-state index is -0.218. The van der Waals surface area contributed by atoms with E-state index in [4.69, 9.17) is 14.2 Å². The van der Waals surface area contributed by atoms with E-state index in [0.717, 1.165) is 51.4 Å². The average molecular weight is 555 g/mol. The monoisotopic (exact) mass is 554 g/mol. The van der Waals surface area contributed by atoms with E-state index in [1.165, 1.54) is 12.5 Å². The van der Waals surface area contributed by atoms with E-state index in [9.17, 15) is 14.4 Å². The molecule has 1 spiro atoms. The van der Waals surface area contributed by atoms with Crippen molar-refractivity contribution in [2.75, 3.05) is 6.61 Å². The molecule has 0 aromatic carbocycles. The number of esters is 3. The molecule has 222 valence electrons. The molecule has 4 saturated carbocycles. The lowest BCUT2D eigenvalue weighted by Crippen LogP contribution is -2.58. The Balaban J connectivity index is 1.51. The molecule has 5 aliphatic rings. The van der Waals surface area contributed by atoms with Crippen molar-refractivity contribution >= 4 is 17.9 Å². The van der Waals surface area contributed by atoms with E-state index in [2.05, 4.69) is 34.3 Å². The third-order valence-electron chi connectivity index (χ3n) is 13.0. The molecule has 6 nitrogen and oxygen atoms in total. The second-order valence-corrected chi connectivity index (χ2v) is 14.4. The zero-order chi connectivity index (χ0) is 29.3. The predicted molar refractivity (Wildman–Crippen MR) is 153 cm³/mol. The van der Waals surface area contributed by atoms with Gasteiger partial charge >= 0.3 is 17.9 Å². The molecule has 0 amide bonds. The van der Waals surface area contributed by atoms with Gasteiger partial charge in [0, 0.05) is 30.8 Å². The first-order chi connectivity index (χ1) is 18.8. The zero-order valence-electron chi connectivity index (χ0n) is 25.8. The Hall–Kier alpha value is -2.11. The molecule has 0 N–H and O–H groups in total. The number of hydrogen-bond acceptors (Lipinski definition) is 6. The van der Waals surface area contributed by atoms with E-state index >= 15 is 0 Å². The van der Waals surface area contributed by atoms with Crippen LogP contribution in [0.15, 0.2) is 23.8 Å². The lowest BCUT2D eigenvalue weighted by atomic mass is 9.43. The summed E-state index contributed by atoms with van der Waals surface area (Å²) >= 11 is 0. The summed E-state index contributed by atoms with van der Waals surface area (Å²) in [6, 6.07) is 0. The summed E-state index contributed by atoms with van der Waals surface area (Å²) in [6.07, 6.45) is 9.96. The highest BCUT2D eigenvalue weighted by molar-refractivity contribution is 5.88. The Labute approximate surface area is 240 Å². The molecule has 0 unspecified atom stereocenters. The maximum atomic E-state index is 12.5. The average Bonchev–Trinajstić information content (AvgIpc) is 3.51. The molecule has 1 aliphatic heterocycles. The second-order valence-electron chi connectivity index (χ2n) is 14.4. The van der Waals surface area contributed by atoms with Gasteiger partial charge in [-0.25, -0.2) is 4.79 Å². The zero-order valence-corrected chi connectivity index (χ0v) is 25.8. The number of cyclic esters (lactones) is 1. The Morgan fingerprint density at radius 3 is 2.55 bits per heavy atom. The quantitative estimate of drug-likeness (QED) is 0.183. The van der Waals surface area contributed by atoms with Crippen molar-refractivity contribution in [2.45, 2.75) is 118 Å². The molecule has 40 heavy (non-hydrogen) atoms. The van der Waals surface area contributed by atoms with Gasteiger partial charge in [0.05, 0.1) is 6.61 Å². The fourth-order valence-corrected chi connectivity index (χ4v) is 11.0. The van der Waals surface area contributed by atoms with Gasteiger partial charge in [0.1, 0.15) is 12.2 Å². The van der Waals surface area contributed by atoms with E-state index < -0.39 is 0 Å². The third-order valence-corrected chi connectivity index (χ3v) is 13.0. The maximum Gasteiger partial charge on any atom is 0.333 e. The molecule has 0 radical (unpaired) electrons. The van der Waals surface area contributed by atoms with Crippen molar-refractivity contribution in [3.05, 3.63) is 23.8 Å². The standard InChI is InChI=1S/C34H50O6/c1-9-38-29(36)14-15-33-19-34(33)17-16-31(7)25(22(5)26-12-10-21(4)30(37)40-26)18-28(39-23(6)35)32(31,8)27(34)13-11-24(33)20(2)3/h10,22,24-28H,2,9,11-19H2,1,3-8H3/t22-,24-,25+,26+,27-,28-,31+,32+,33+,34-/m0/s1. The predicted octanol–water partition coefficient (Wildman–Crippen LogP) is 6.96. The molecule has 6 heteroatoms. The Morgan fingerprint density at radius 2 is 1.93 bits per heavy atom. The first kappa shape index (κ1) is 29.4. The van der Waals surface area contributed by atoms with Gasteiger partial charge in [-0.1, -0.05) is 39.0 Å². The van der Waals surface area contributed by atoms with Crippen LogP contribution in [0.25, 0.3) is 0 Å². The van der Waals surface area contributed by atoms with Crippen LogP contribution in [0.2, 0.25) is 0 Å². The summed E-state index contributed by atoms with van der Waals surface area (Å²) in [5, 5.41) is 0. The number of carbonyl (C=O) groups excluding carboxylic acids is 3. The number of allylic oxidation sites excluding steroid dienone is 1. The van der Waals surface area contributed by atoms with Crippen molar-refractivity contribution in [3.63, 3.8) is 0 Å². The third kappa shape index (κ3) is 4.05. The molecule has 5 rings (SSSR count). The number of hydrogen-bond donors (Lipinski definition) is 0. The topological polar surface area (TPSA) is 78.9 Å². The number of fused-ring (bicyclic) bond motifs is 2. The van der Waals surface area contributed by atoms with Crippen LogP contribution in [0.4, 0.5) is 0 Å². The maximum absolute atomic E-state index is 12.5. The van der Waals surface area contributed by atoms with Gasteiger partial charge in [0.25, 0.3) is 0 Å². The lowest BCUT2D eigenvalue weighted by Gasteiger charge is -2.61. The van der Waals surface area contributed by atoms with E-state index in [1.807, 2.05) is 19.9 Å². The van der Waals surface area contributed by atoms with Crippen LogP contribution in [0.3, 0.4) is 0 Å². The van der Waals surface area contributed by atoms with Gasteiger partial charge in [-0.05, 0) is 106 Å². The molecule has 0 aromatic heterocycles. The lowest BCUT2D eigenvalue weighted by molar-refractivity contribution is -0.182. The summed E-state index contributed by atoms with van der Waals surface area (Å²) in [6.45, 7) is 19.3. The van der Waals surface area contributed by atoms with E-state index in [-0.39, 0.29) is 63.6 Å². The molecule has 1 heterocycles. The Kier molecular flexibility index (Phi) is 7.36. The Bertz CT molecular complexity index is 1120. The van der Waals surface area contributed by atoms with Gasteiger partial charge in [-0.3, -0.25) is 9.59 Å². The van der Waals surface area contributed by atoms with Crippen molar-refractivity contribution in [2.24, 2.45) is 45.3 Å². The molecular formula is C34H50O6. The van der Waals surface area contributed by atoms with Crippen LogP contribution in [0.5, 0.6) is 0 Å². The summed E-state index contributed by atoms with van der Waals surface area (Å²) in [7, 11) is 0. The Morgan fingerprint density at radius 1 is 1.20 bits per heavy atom. The fraction of sp³-hybridized carbons (Fsp3) is 0.794. The van der Waals surface area contributed by atoms with E-state index in [0.29, 0.717) is 30.4 Å². The molecular weight excluding hydrogens is 504 g/mol. The van der Waals surface area contributed by atoms with Crippen LogP contribution < -0.4 is 0 Å². The largest absolute Gasteiger partial charge is 0.466 e. The normalized spacial score (nSPS) is 44.2. The van der Waals surface area contributed by atoms with E-state index in [1.54, 1.807) is 0 Å². The number of rotatable bonds is 8. The van der Waals surface area contributed by atoms with Gasteiger partial charge in [0.2, 0.25) is 0 Å². The number of carbonyl (C=O) groups is 3. The molecule has 0 aromatic rings. The highest BCUT2D eigenvalue weighted by atomic mass is 16.6. The molecule has 4 fully saturated rings. The smallest absolute Gasteiger partial charge is 0.333 e. The molecule has 0 saturated heterocycles. The molecule has 0 bridgehead atoms. The fourth-order valence-electron chi connectivity index (χ4n) is 11.0. The molecule has 10 atom stereocenters. The van der Waals surface area contributed by atoms with Crippen molar-refractivity contribution in [3.8, 4) is 0 Å². The first-order valence-corrected chi connectivity index (χ1v) is 15.6. The summed E-state index contributed by atoms with van der Waals surface area (Å²) in [5.74, 6) is 0.703. The minimum absolute atomic E-state index is 0.0589. The van der Waals surface area contributed by atoms with Crippen LogP contribution in [-0.4, -0.2) is 36.7 Å². The van der Waals surface area contributed by atoms with Crippen molar-refractivity contribution < 1.29 is 28.6 Å². The molecule has 4 aliphatic carbocycles. The summed E-state index contributed by atoms with van der Waals surface area (Å²) in [4.78, 5) is 37.5. The van der Waals surface area contributed by atoms with Crippen molar-refractivity contribution in [1.82, 2.24) is 0 Å². The van der Waals surface area contributed by atoms with Crippen LogP contribution in [-0.2, 0) is 28.6 Å². The van der Waals surface area contributed by atoms with Crippen molar-refractivity contribution in [1.29, 1.82) is 0 Å².